The molecule has 5 nitrogen and oxygen atoms in total. The van der Waals surface area contributed by atoms with Gasteiger partial charge < -0.3 is 0 Å². The lowest BCUT2D eigenvalue weighted by Gasteiger charge is -2.01. The molecule has 0 aromatic carbocycles. The predicted octanol–water partition coefficient (Wildman–Crippen LogP) is 2.22. The van der Waals surface area contributed by atoms with Crippen molar-refractivity contribution in [3.63, 3.8) is 0 Å². The molecule has 2 aromatic heterocycles. The van der Waals surface area contributed by atoms with E-state index in [0.717, 1.165) is 14.3 Å². The fourth-order valence-corrected chi connectivity index (χ4v) is 3.59. The number of fused-ring (bicyclic) bond motifs is 1. The highest BCUT2D eigenvalue weighted by molar-refractivity contribution is 8.24. The van der Waals surface area contributed by atoms with Gasteiger partial charge in [0, 0.05) is 24.8 Å². The van der Waals surface area contributed by atoms with Gasteiger partial charge in [-0.1, -0.05) is 23.5 Å². The van der Waals surface area contributed by atoms with E-state index in [4.69, 9.17) is 0 Å². The van der Waals surface area contributed by atoms with Gasteiger partial charge in [-0.15, -0.1) is 0 Å². The molecule has 0 bridgehead atoms. The van der Waals surface area contributed by atoms with E-state index in [9.17, 15) is 5.26 Å². The van der Waals surface area contributed by atoms with Crippen LogP contribution >= 0.6 is 23.5 Å². The normalized spacial score (nSPS) is 13.2. The number of imidazole rings is 1. The summed E-state index contributed by atoms with van der Waals surface area (Å²) in [7, 11) is 0. The summed E-state index contributed by atoms with van der Waals surface area (Å²) in [5.41, 5.74) is 0.553. The minimum Gasteiger partial charge on any atom is -0.296 e. The van der Waals surface area contributed by atoms with Crippen molar-refractivity contribution in [3.8, 4) is 6.07 Å². The average Bonchev–Trinajstić information content (AvgIpc) is 2.98. The molecule has 17 heavy (non-hydrogen) atoms. The van der Waals surface area contributed by atoms with Crippen LogP contribution in [-0.2, 0) is 0 Å². The summed E-state index contributed by atoms with van der Waals surface area (Å²) in [5, 5.41) is 10.9. The first-order chi connectivity index (χ1) is 8.38. The summed E-state index contributed by atoms with van der Waals surface area (Å²) >= 11 is 2.93. The summed E-state index contributed by atoms with van der Waals surface area (Å²) in [6, 6.07) is 2.19. The van der Waals surface area contributed by atoms with Gasteiger partial charge >= 0.3 is 0 Å². The van der Waals surface area contributed by atoms with E-state index < -0.39 is 0 Å². The van der Waals surface area contributed by atoms with Crippen molar-refractivity contribution in [1.82, 2.24) is 19.5 Å². The molecule has 0 aliphatic carbocycles. The van der Waals surface area contributed by atoms with E-state index in [-0.39, 0.29) is 0 Å². The van der Waals surface area contributed by atoms with Gasteiger partial charge in [0.1, 0.15) is 21.8 Å². The molecular formula is C10H5N5S2. The minimum absolute atomic E-state index is 0.553. The van der Waals surface area contributed by atoms with Crippen molar-refractivity contribution < 1.29 is 0 Å². The van der Waals surface area contributed by atoms with Gasteiger partial charge in [-0.3, -0.25) is 4.57 Å². The van der Waals surface area contributed by atoms with Gasteiger partial charge in [0.25, 0.3) is 0 Å². The van der Waals surface area contributed by atoms with Crippen LogP contribution in [0, 0.1) is 11.3 Å². The Hall–Kier alpha value is -1.78. The van der Waals surface area contributed by atoms with Gasteiger partial charge in [-0.05, 0) is 0 Å². The number of rotatable bonds is 1. The first kappa shape index (κ1) is 10.4. The molecule has 7 heteroatoms. The average molecular weight is 259 g/mol. The monoisotopic (exact) mass is 259 g/mol. The standard InChI is InChI=1S/C10H5N5S2/c11-5-7(15-4-3-12-6-15)10-16-8-9(17-10)14-2-1-13-8/h1-4,6H. The molecule has 1 aliphatic heterocycles. The Bertz CT molecular complexity index is 599. The minimum atomic E-state index is 0.553. The maximum Gasteiger partial charge on any atom is 0.146 e. The summed E-state index contributed by atoms with van der Waals surface area (Å²) in [6.45, 7) is 0. The zero-order valence-corrected chi connectivity index (χ0v) is 10.1. The summed E-state index contributed by atoms with van der Waals surface area (Å²) in [5.74, 6) is 0. The Labute approximate surface area is 106 Å². The fourth-order valence-electron chi connectivity index (χ4n) is 1.35. The lowest BCUT2D eigenvalue weighted by Crippen LogP contribution is -1.91. The lowest BCUT2D eigenvalue weighted by molar-refractivity contribution is 0.930. The molecule has 0 saturated carbocycles. The molecule has 0 N–H and O–H groups in total. The quantitative estimate of drug-likeness (QED) is 0.731. The van der Waals surface area contributed by atoms with E-state index in [0.29, 0.717) is 5.70 Å². The molecule has 2 aromatic rings. The molecule has 0 atom stereocenters. The topological polar surface area (TPSA) is 67.4 Å². The van der Waals surface area contributed by atoms with Crippen molar-refractivity contribution >= 4 is 29.2 Å². The summed E-state index contributed by atoms with van der Waals surface area (Å²) < 4.78 is 2.58. The molecule has 0 saturated heterocycles. The Balaban J connectivity index is 2.05. The molecule has 0 spiro atoms. The second-order valence-corrected chi connectivity index (χ2v) is 5.35. The molecule has 3 heterocycles. The van der Waals surface area contributed by atoms with Crippen LogP contribution in [-0.4, -0.2) is 19.5 Å². The maximum atomic E-state index is 9.21. The van der Waals surface area contributed by atoms with Gasteiger partial charge in [0.05, 0.1) is 10.6 Å². The van der Waals surface area contributed by atoms with Crippen molar-refractivity contribution in [1.29, 1.82) is 5.26 Å². The number of thioether (sulfide) groups is 2. The Morgan fingerprint density at radius 1 is 1.18 bits per heavy atom. The summed E-state index contributed by atoms with van der Waals surface area (Å²) in [6.07, 6.45) is 8.30. The third-order valence-corrected chi connectivity index (χ3v) is 4.44. The second kappa shape index (κ2) is 4.24. The number of nitriles is 1. The van der Waals surface area contributed by atoms with Gasteiger partial charge in [-0.2, -0.15) is 5.26 Å². The lowest BCUT2D eigenvalue weighted by atomic mass is 10.5. The fraction of sp³-hybridized carbons (Fsp3) is 0. The van der Waals surface area contributed by atoms with E-state index in [2.05, 4.69) is 21.0 Å². The molecule has 1 aliphatic rings. The number of hydrogen-bond acceptors (Lipinski definition) is 6. The largest absolute Gasteiger partial charge is 0.296 e. The van der Waals surface area contributed by atoms with Gasteiger partial charge in [0.15, 0.2) is 0 Å². The Morgan fingerprint density at radius 2 is 1.88 bits per heavy atom. The predicted molar refractivity (Wildman–Crippen MR) is 64.8 cm³/mol. The second-order valence-electron chi connectivity index (χ2n) is 3.09. The van der Waals surface area contributed by atoms with Crippen LogP contribution in [0.4, 0.5) is 0 Å². The molecule has 82 valence electrons. The van der Waals surface area contributed by atoms with Gasteiger partial charge in [-0.25, -0.2) is 15.0 Å². The highest BCUT2D eigenvalue weighted by Gasteiger charge is 2.24. The summed E-state index contributed by atoms with van der Waals surface area (Å²) in [4.78, 5) is 12.4. The number of aromatic nitrogens is 4. The Morgan fingerprint density at radius 3 is 2.41 bits per heavy atom. The van der Waals surface area contributed by atoms with Crippen molar-refractivity contribution in [3.05, 3.63) is 35.4 Å². The van der Waals surface area contributed by atoms with Crippen LogP contribution in [0.2, 0.25) is 0 Å². The van der Waals surface area contributed by atoms with Crippen LogP contribution in [0.1, 0.15) is 0 Å². The van der Waals surface area contributed by atoms with E-state index in [1.54, 1.807) is 35.7 Å². The molecule has 0 radical (unpaired) electrons. The number of nitrogens with zero attached hydrogens (tertiary/aromatic N) is 5. The zero-order chi connectivity index (χ0) is 11.7. The first-order valence-corrected chi connectivity index (χ1v) is 6.31. The van der Waals surface area contributed by atoms with Crippen LogP contribution < -0.4 is 0 Å². The molecule has 0 unspecified atom stereocenters. The zero-order valence-electron chi connectivity index (χ0n) is 8.44. The highest BCUT2D eigenvalue weighted by Crippen LogP contribution is 2.50. The first-order valence-electron chi connectivity index (χ1n) is 4.68. The van der Waals surface area contributed by atoms with Crippen molar-refractivity contribution in [2.24, 2.45) is 0 Å². The van der Waals surface area contributed by atoms with Crippen molar-refractivity contribution in [2.75, 3.05) is 0 Å². The van der Waals surface area contributed by atoms with Crippen LogP contribution in [0.25, 0.3) is 5.70 Å². The van der Waals surface area contributed by atoms with E-state index in [1.807, 2.05) is 0 Å². The van der Waals surface area contributed by atoms with E-state index in [1.165, 1.54) is 23.5 Å². The van der Waals surface area contributed by atoms with E-state index >= 15 is 0 Å². The number of allylic oxidation sites excluding steroid dienone is 1. The maximum absolute atomic E-state index is 9.21. The molecular weight excluding hydrogens is 254 g/mol. The highest BCUT2D eigenvalue weighted by atomic mass is 32.2. The van der Waals surface area contributed by atoms with Crippen molar-refractivity contribution in [2.45, 2.75) is 10.1 Å². The number of hydrogen-bond donors (Lipinski definition) is 0. The SMILES string of the molecule is N#CC(=C1Sc2nccnc2S1)n1ccnc1. The third-order valence-electron chi connectivity index (χ3n) is 2.07. The smallest absolute Gasteiger partial charge is 0.146 e. The molecule has 3 rings (SSSR count). The van der Waals surface area contributed by atoms with Gasteiger partial charge in [0.2, 0.25) is 0 Å². The van der Waals surface area contributed by atoms with Crippen LogP contribution in [0.3, 0.4) is 0 Å². The molecule has 0 amide bonds. The van der Waals surface area contributed by atoms with Crippen LogP contribution in [0.5, 0.6) is 0 Å². The Kier molecular flexibility index (Phi) is 2.59. The van der Waals surface area contributed by atoms with Crippen LogP contribution in [0.15, 0.2) is 45.4 Å². The molecule has 0 fully saturated rings. The third kappa shape index (κ3) is 1.81.